The second kappa shape index (κ2) is 5.50. The van der Waals surface area contributed by atoms with E-state index in [1.54, 1.807) is 0 Å². The van der Waals surface area contributed by atoms with Crippen molar-refractivity contribution in [2.45, 2.75) is 31.3 Å². The second-order valence-corrected chi connectivity index (χ2v) is 6.13. The number of rotatable bonds is 3. The van der Waals surface area contributed by atoms with E-state index in [1.165, 1.54) is 18.1 Å². The highest BCUT2D eigenvalue weighted by Crippen LogP contribution is 2.45. The molecular weight excluding hydrogens is 292 g/mol. The molecule has 4 nitrogen and oxygen atoms in total. The van der Waals surface area contributed by atoms with Gasteiger partial charge in [0.2, 0.25) is 0 Å². The minimum Gasteiger partial charge on any atom is -0.496 e. The molecule has 0 radical (unpaired) electrons. The van der Waals surface area contributed by atoms with E-state index in [2.05, 4.69) is 0 Å². The molecule has 1 aromatic rings. The lowest BCUT2D eigenvalue weighted by atomic mass is 9.90. The number of nitrogens with zero attached hydrogens (tertiary/aromatic N) is 1. The van der Waals surface area contributed by atoms with Gasteiger partial charge in [-0.25, -0.2) is 8.78 Å². The zero-order valence-electron chi connectivity index (χ0n) is 12.4. The van der Waals surface area contributed by atoms with Gasteiger partial charge in [-0.1, -0.05) is 0 Å². The third-order valence-electron chi connectivity index (χ3n) is 4.72. The van der Waals surface area contributed by atoms with E-state index in [0.717, 1.165) is 31.7 Å². The van der Waals surface area contributed by atoms with Crippen LogP contribution in [0.3, 0.4) is 0 Å². The smallest absolute Gasteiger partial charge is 0.260 e. The molecule has 1 aliphatic heterocycles. The van der Waals surface area contributed by atoms with Gasteiger partial charge in [0.25, 0.3) is 5.91 Å². The Morgan fingerprint density at radius 1 is 1.41 bits per heavy atom. The van der Waals surface area contributed by atoms with E-state index in [-0.39, 0.29) is 17.2 Å². The molecule has 1 unspecified atom stereocenters. The number of carbonyl (C=O) groups excluding carboxylic acids is 1. The predicted molar refractivity (Wildman–Crippen MR) is 75.7 cm³/mol. The number of likely N-dealkylation sites (tertiary alicyclic amines) is 1. The van der Waals surface area contributed by atoms with Crippen LogP contribution in [-0.2, 0) is 0 Å². The Labute approximate surface area is 127 Å². The van der Waals surface area contributed by atoms with Crippen molar-refractivity contribution in [3.8, 4) is 5.75 Å². The lowest BCUT2D eigenvalue weighted by Crippen LogP contribution is -2.44. The van der Waals surface area contributed by atoms with Gasteiger partial charge in [-0.2, -0.15) is 0 Å². The molecule has 1 aromatic carbocycles. The van der Waals surface area contributed by atoms with Gasteiger partial charge in [0.15, 0.2) is 11.6 Å². The molecule has 1 saturated carbocycles. The molecule has 0 aromatic heterocycles. The standard InChI is InChI=1S/C16H19F2NO3/c1-22-12-5-4-11(17)14(18)13(12)15(20)19-8-2-3-10(9-19)16(21)6-7-16/h4-5,10,21H,2-3,6-9H2,1H3. The fraction of sp³-hybridized carbons (Fsp3) is 0.562. The van der Waals surface area contributed by atoms with Crippen LogP contribution in [0.4, 0.5) is 8.78 Å². The second-order valence-electron chi connectivity index (χ2n) is 6.13. The molecule has 1 amide bonds. The first-order chi connectivity index (χ1) is 10.5. The molecule has 1 atom stereocenters. The number of benzene rings is 1. The Bertz CT molecular complexity index is 601. The van der Waals surface area contributed by atoms with E-state index in [4.69, 9.17) is 4.74 Å². The van der Waals surface area contributed by atoms with Crippen LogP contribution in [-0.4, -0.2) is 41.7 Å². The maximum absolute atomic E-state index is 14.0. The number of hydrogen-bond donors (Lipinski definition) is 1. The SMILES string of the molecule is COc1ccc(F)c(F)c1C(=O)N1CCCC(C2(O)CC2)C1. The fourth-order valence-electron chi connectivity index (χ4n) is 3.20. The molecular formula is C16H19F2NO3. The van der Waals surface area contributed by atoms with Crippen molar-refractivity contribution in [2.75, 3.05) is 20.2 Å². The molecule has 2 fully saturated rings. The van der Waals surface area contributed by atoms with Gasteiger partial charge < -0.3 is 14.7 Å². The number of halogens is 2. The molecule has 0 bridgehead atoms. The normalized spacial score (nSPS) is 23.3. The van der Waals surface area contributed by atoms with Crippen molar-refractivity contribution in [3.63, 3.8) is 0 Å². The fourth-order valence-corrected chi connectivity index (χ4v) is 3.20. The van der Waals surface area contributed by atoms with Gasteiger partial charge >= 0.3 is 0 Å². The van der Waals surface area contributed by atoms with E-state index in [1.807, 2.05) is 0 Å². The first kappa shape index (κ1) is 15.2. The summed E-state index contributed by atoms with van der Waals surface area (Å²) in [7, 11) is 1.31. The van der Waals surface area contributed by atoms with Crippen molar-refractivity contribution in [1.29, 1.82) is 0 Å². The van der Waals surface area contributed by atoms with E-state index in [9.17, 15) is 18.7 Å². The number of aliphatic hydroxyl groups is 1. The highest BCUT2D eigenvalue weighted by atomic mass is 19.2. The summed E-state index contributed by atoms with van der Waals surface area (Å²) < 4.78 is 32.5. The largest absolute Gasteiger partial charge is 0.496 e. The number of ether oxygens (including phenoxy) is 1. The van der Waals surface area contributed by atoms with Gasteiger partial charge in [0.1, 0.15) is 11.3 Å². The number of piperidine rings is 1. The average molecular weight is 311 g/mol. The topological polar surface area (TPSA) is 49.8 Å². The first-order valence-corrected chi connectivity index (χ1v) is 7.50. The molecule has 1 N–H and O–H groups in total. The third-order valence-corrected chi connectivity index (χ3v) is 4.72. The average Bonchev–Trinajstić information content (AvgIpc) is 3.28. The van der Waals surface area contributed by atoms with Gasteiger partial charge in [0, 0.05) is 19.0 Å². The van der Waals surface area contributed by atoms with E-state index in [0.29, 0.717) is 13.1 Å². The molecule has 0 spiro atoms. The summed E-state index contributed by atoms with van der Waals surface area (Å²) in [6.07, 6.45) is 3.09. The Morgan fingerprint density at radius 3 is 2.77 bits per heavy atom. The van der Waals surface area contributed by atoms with Crippen LogP contribution in [0.25, 0.3) is 0 Å². The first-order valence-electron chi connectivity index (χ1n) is 7.50. The van der Waals surface area contributed by atoms with Crippen molar-refractivity contribution >= 4 is 5.91 Å². The van der Waals surface area contributed by atoms with Crippen LogP contribution in [0.5, 0.6) is 5.75 Å². The van der Waals surface area contributed by atoms with Crippen LogP contribution in [0, 0.1) is 17.6 Å². The molecule has 1 saturated heterocycles. The molecule has 120 valence electrons. The highest BCUT2D eigenvalue weighted by molar-refractivity contribution is 5.97. The minimum absolute atomic E-state index is 0.00724. The zero-order valence-corrected chi connectivity index (χ0v) is 12.4. The van der Waals surface area contributed by atoms with Crippen molar-refractivity contribution in [1.82, 2.24) is 4.90 Å². The summed E-state index contributed by atoms with van der Waals surface area (Å²) in [6, 6.07) is 2.19. The summed E-state index contributed by atoms with van der Waals surface area (Å²) in [5.41, 5.74) is -1.05. The summed E-state index contributed by atoms with van der Waals surface area (Å²) in [5, 5.41) is 10.2. The Hall–Kier alpha value is -1.69. The van der Waals surface area contributed by atoms with Crippen LogP contribution in [0.1, 0.15) is 36.0 Å². The summed E-state index contributed by atoms with van der Waals surface area (Å²) in [5.74, 6) is -2.80. The van der Waals surface area contributed by atoms with Gasteiger partial charge in [-0.15, -0.1) is 0 Å². The highest BCUT2D eigenvalue weighted by Gasteiger charge is 2.49. The number of carbonyl (C=O) groups is 1. The molecule has 1 heterocycles. The van der Waals surface area contributed by atoms with Gasteiger partial charge in [-0.3, -0.25) is 4.79 Å². The number of hydrogen-bond acceptors (Lipinski definition) is 3. The lowest BCUT2D eigenvalue weighted by molar-refractivity contribution is 0.0278. The van der Waals surface area contributed by atoms with Crippen LogP contribution in [0.2, 0.25) is 0 Å². The molecule has 1 aliphatic carbocycles. The summed E-state index contributed by atoms with van der Waals surface area (Å²) in [4.78, 5) is 14.1. The predicted octanol–water partition coefficient (Wildman–Crippen LogP) is 2.35. The monoisotopic (exact) mass is 311 g/mol. The number of amides is 1. The van der Waals surface area contributed by atoms with Crippen LogP contribution < -0.4 is 4.74 Å². The molecule has 22 heavy (non-hydrogen) atoms. The van der Waals surface area contributed by atoms with Gasteiger partial charge in [0.05, 0.1) is 12.7 Å². The quantitative estimate of drug-likeness (QED) is 0.932. The maximum Gasteiger partial charge on any atom is 0.260 e. The number of methoxy groups -OCH3 is 1. The van der Waals surface area contributed by atoms with Crippen LogP contribution in [0.15, 0.2) is 12.1 Å². The minimum atomic E-state index is -1.18. The Balaban J connectivity index is 1.86. The zero-order chi connectivity index (χ0) is 15.9. The molecule has 6 heteroatoms. The third kappa shape index (κ3) is 2.56. The Kier molecular flexibility index (Phi) is 3.80. The van der Waals surface area contributed by atoms with E-state index >= 15 is 0 Å². The van der Waals surface area contributed by atoms with E-state index < -0.39 is 23.1 Å². The summed E-state index contributed by atoms with van der Waals surface area (Å²) >= 11 is 0. The molecule has 3 rings (SSSR count). The van der Waals surface area contributed by atoms with Crippen LogP contribution >= 0.6 is 0 Å². The lowest BCUT2D eigenvalue weighted by Gasteiger charge is -2.35. The van der Waals surface area contributed by atoms with Crippen molar-refractivity contribution < 1.29 is 23.4 Å². The Morgan fingerprint density at radius 2 is 2.14 bits per heavy atom. The van der Waals surface area contributed by atoms with Gasteiger partial charge in [-0.05, 0) is 37.8 Å². The summed E-state index contributed by atoms with van der Waals surface area (Å²) in [6.45, 7) is 0.846. The maximum atomic E-state index is 14.0. The van der Waals surface area contributed by atoms with Crippen molar-refractivity contribution in [3.05, 3.63) is 29.3 Å². The molecule has 2 aliphatic rings. The van der Waals surface area contributed by atoms with Crippen molar-refractivity contribution in [2.24, 2.45) is 5.92 Å².